The average molecular weight is 256 g/mol. The first kappa shape index (κ1) is 10.6. The van der Waals surface area contributed by atoms with Gasteiger partial charge in [-0.3, -0.25) is 0 Å². The highest BCUT2D eigenvalue weighted by atomic mass is 79.9. The molecule has 0 aliphatic carbocycles. The fraction of sp³-hybridized carbons (Fsp3) is 0.300. The van der Waals surface area contributed by atoms with Gasteiger partial charge in [0.15, 0.2) is 0 Å². The highest BCUT2D eigenvalue weighted by Gasteiger charge is 2.00. The Morgan fingerprint density at radius 3 is 2.85 bits per heavy atom. The van der Waals surface area contributed by atoms with Crippen molar-refractivity contribution in [2.75, 3.05) is 5.75 Å². The first-order valence-corrected chi connectivity index (χ1v) is 5.50. The van der Waals surface area contributed by atoms with E-state index in [9.17, 15) is 0 Å². The molecule has 0 aliphatic heterocycles. The van der Waals surface area contributed by atoms with E-state index < -0.39 is 0 Å². The molecule has 0 saturated carbocycles. The smallest absolute Gasteiger partial charge is 0.0991 e. The van der Waals surface area contributed by atoms with E-state index in [1.807, 2.05) is 18.2 Å². The lowest BCUT2D eigenvalue weighted by Crippen LogP contribution is -1.89. The van der Waals surface area contributed by atoms with Crippen LogP contribution in [0.4, 0.5) is 0 Å². The van der Waals surface area contributed by atoms with Gasteiger partial charge >= 0.3 is 0 Å². The molecule has 0 atom stereocenters. The van der Waals surface area contributed by atoms with Crippen molar-refractivity contribution in [2.45, 2.75) is 12.8 Å². The number of nitrogens with zero attached hydrogens (tertiary/aromatic N) is 1. The number of hydrogen-bond donors (Lipinski definition) is 1. The molecule has 0 spiro atoms. The highest BCUT2D eigenvalue weighted by Crippen LogP contribution is 2.19. The molecule has 0 heterocycles. The monoisotopic (exact) mass is 255 g/mol. The second-order valence-corrected chi connectivity index (χ2v) is 4.05. The molecule has 0 N–H and O–H groups in total. The van der Waals surface area contributed by atoms with Crippen LogP contribution >= 0.6 is 28.6 Å². The van der Waals surface area contributed by atoms with Crippen LogP contribution in [0.1, 0.15) is 17.5 Å². The molecule has 0 amide bonds. The predicted molar refractivity (Wildman–Crippen MR) is 61.0 cm³/mol. The first-order chi connectivity index (χ1) is 6.27. The van der Waals surface area contributed by atoms with Crippen LogP contribution in [-0.2, 0) is 6.42 Å². The van der Waals surface area contributed by atoms with Crippen molar-refractivity contribution in [3.8, 4) is 6.07 Å². The van der Waals surface area contributed by atoms with Crippen LogP contribution in [0.3, 0.4) is 0 Å². The van der Waals surface area contributed by atoms with Crippen molar-refractivity contribution in [1.82, 2.24) is 0 Å². The molecular formula is C10H10BrNS. The standard InChI is InChI=1S/C10H10BrNS/c11-10-4-3-8(7-12)6-9(10)2-1-5-13/h3-4,6,13H,1-2,5H2. The van der Waals surface area contributed by atoms with Gasteiger partial charge in [-0.25, -0.2) is 0 Å². The molecule has 0 radical (unpaired) electrons. The van der Waals surface area contributed by atoms with Gasteiger partial charge in [0.25, 0.3) is 0 Å². The molecule has 1 aromatic carbocycles. The second kappa shape index (κ2) is 5.31. The van der Waals surface area contributed by atoms with E-state index in [0.717, 1.165) is 28.6 Å². The number of rotatable bonds is 3. The predicted octanol–water partition coefficient (Wildman–Crippen LogP) is 3.18. The zero-order chi connectivity index (χ0) is 9.68. The Balaban J connectivity index is 2.85. The van der Waals surface area contributed by atoms with Crippen molar-refractivity contribution < 1.29 is 0 Å². The summed E-state index contributed by atoms with van der Waals surface area (Å²) in [5.41, 5.74) is 1.91. The quantitative estimate of drug-likeness (QED) is 0.825. The van der Waals surface area contributed by atoms with E-state index in [-0.39, 0.29) is 0 Å². The molecule has 68 valence electrons. The van der Waals surface area contributed by atoms with Gasteiger partial charge in [-0.15, -0.1) is 0 Å². The lowest BCUT2D eigenvalue weighted by molar-refractivity contribution is 0.930. The van der Waals surface area contributed by atoms with Gasteiger partial charge in [-0.2, -0.15) is 17.9 Å². The Labute approximate surface area is 92.3 Å². The van der Waals surface area contributed by atoms with Gasteiger partial charge < -0.3 is 0 Å². The van der Waals surface area contributed by atoms with Gasteiger partial charge in [-0.1, -0.05) is 15.9 Å². The topological polar surface area (TPSA) is 23.8 Å². The molecule has 1 aromatic rings. The normalized spacial score (nSPS) is 9.62. The van der Waals surface area contributed by atoms with Crippen molar-refractivity contribution in [3.05, 3.63) is 33.8 Å². The number of thiol groups is 1. The highest BCUT2D eigenvalue weighted by molar-refractivity contribution is 9.10. The van der Waals surface area contributed by atoms with E-state index in [2.05, 4.69) is 34.6 Å². The number of hydrogen-bond acceptors (Lipinski definition) is 2. The summed E-state index contributed by atoms with van der Waals surface area (Å²) in [6.45, 7) is 0. The summed E-state index contributed by atoms with van der Waals surface area (Å²) in [4.78, 5) is 0. The Bertz CT molecular complexity index is 330. The van der Waals surface area contributed by atoms with Crippen LogP contribution in [0.25, 0.3) is 0 Å². The summed E-state index contributed by atoms with van der Waals surface area (Å²) in [6, 6.07) is 7.79. The first-order valence-electron chi connectivity index (χ1n) is 4.07. The van der Waals surface area contributed by atoms with Crippen LogP contribution in [0, 0.1) is 11.3 Å². The summed E-state index contributed by atoms with van der Waals surface area (Å²) in [5, 5.41) is 8.70. The van der Waals surface area contributed by atoms with E-state index in [0.29, 0.717) is 0 Å². The van der Waals surface area contributed by atoms with Crippen molar-refractivity contribution in [3.63, 3.8) is 0 Å². The Hall–Kier alpha value is -0.460. The molecule has 13 heavy (non-hydrogen) atoms. The van der Waals surface area contributed by atoms with Crippen LogP contribution < -0.4 is 0 Å². The maximum absolute atomic E-state index is 8.70. The minimum absolute atomic E-state index is 0.720. The molecule has 0 aromatic heterocycles. The molecule has 3 heteroatoms. The fourth-order valence-corrected chi connectivity index (χ4v) is 1.71. The molecule has 0 unspecified atom stereocenters. The molecule has 0 saturated heterocycles. The third-order valence-electron chi connectivity index (χ3n) is 1.78. The van der Waals surface area contributed by atoms with Crippen molar-refractivity contribution in [2.24, 2.45) is 0 Å². The van der Waals surface area contributed by atoms with Crippen LogP contribution in [0.2, 0.25) is 0 Å². The largest absolute Gasteiger partial charge is 0.192 e. The lowest BCUT2D eigenvalue weighted by atomic mass is 10.1. The molecule has 0 fully saturated rings. The fourth-order valence-electron chi connectivity index (χ4n) is 1.11. The minimum Gasteiger partial charge on any atom is -0.192 e. The SMILES string of the molecule is N#Cc1ccc(Br)c(CCCS)c1. The molecule has 1 nitrogen and oxygen atoms in total. The lowest BCUT2D eigenvalue weighted by Gasteiger charge is -2.02. The summed E-state index contributed by atoms with van der Waals surface area (Å²) >= 11 is 7.61. The van der Waals surface area contributed by atoms with Crippen LogP contribution in [0.15, 0.2) is 22.7 Å². The Morgan fingerprint density at radius 2 is 2.23 bits per heavy atom. The number of aryl methyl sites for hydroxylation is 1. The number of nitriles is 1. The number of benzene rings is 1. The van der Waals surface area contributed by atoms with E-state index in [4.69, 9.17) is 5.26 Å². The van der Waals surface area contributed by atoms with Gasteiger partial charge in [0.1, 0.15) is 0 Å². The van der Waals surface area contributed by atoms with Crippen molar-refractivity contribution in [1.29, 1.82) is 5.26 Å². The maximum atomic E-state index is 8.70. The maximum Gasteiger partial charge on any atom is 0.0991 e. The van der Waals surface area contributed by atoms with Gasteiger partial charge in [0, 0.05) is 4.47 Å². The second-order valence-electron chi connectivity index (χ2n) is 2.75. The molecule has 0 aliphatic rings. The van der Waals surface area contributed by atoms with Crippen LogP contribution in [0.5, 0.6) is 0 Å². The van der Waals surface area contributed by atoms with Crippen LogP contribution in [-0.4, -0.2) is 5.75 Å². The van der Waals surface area contributed by atoms with Crippen molar-refractivity contribution >= 4 is 28.6 Å². The molecule has 0 bridgehead atoms. The van der Waals surface area contributed by atoms with Gasteiger partial charge in [0.05, 0.1) is 11.6 Å². The molecular weight excluding hydrogens is 246 g/mol. The third kappa shape index (κ3) is 3.06. The minimum atomic E-state index is 0.720. The summed E-state index contributed by atoms with van der Waals surface area (Å²) in [6.07, 6.45) is 2.01. The van der Waals surface area contributed by atoms with E-state index in [1.54, 1.807) is 0 Å². The summed E-state index contributed by atoms with van der Waals surface area (Å²) in [7, 11) is 0. The Morgan fingerprint density at radius 1 is 1.46 bits per heavy atom. The Kier molecular flexibility index (Phi) is 4.34. The summed E-state index contributed by atoms with van der Waals surface area (Å²) < 4.78 is 1.08. The van der Waals surface area contributed by atoms with Gasteiger partial charge in [-0.05, 0) is 42.4 Å². The average Bonchev–Trinajstić information content (AvgIpc) is 2.17. The van der Waals surface area contributed by atoms with Gasteiger partial charge in [0.2, 0.25) is 0 Å². The summed E-state index contributed by atoms with van der Waals surface area (Å²) in [5.74, 6) is 0.878. The third-order valence-corrected chi connectivity index (χ3v) is 2.87. The van der Waals surface area contributed by atoms with E-state index in [1.165, 1.54) is 5.56 Å². The zero-order valence-electron chi connectivity index (χ0n) is 7.13. The van der Waals surface area contributed by atoms with E-state index >= 15 is 0 Å². The zero-order valence-corrected chi connectivity index (χ0v) is 9.61. The molecule has 1 rings (SSSR count). The number of halogens is 1.